The molecule has 8 unspecified atom stereocenters. The molecule has 0 aromatic rings. The van der Waals surface area contributed by atoms with Gasteiger partial charge in [-0.1, -0.05) is 353 Å². The molecular weight excluding hydrogens is 987 g/mol. The van der Waals surface area contributed by atoms with Crippen LogP contribution in [-0.4, -0.2) is 98.7 Å². The second-order valence-corrected chi connectivity index (χ2v) is 24.8. The minimum Gasteiger partial charge on any atom is -0.394 e. The molecule has 0 aliphatic carbocycles. The van der Waals surface area contributed by atoms with Gasteiger partial charge in [-0.25, -0.2) is 0 Å². The number of hydrogen-bond acceptors (Lipinski definition) is 9. The summed E-state index contributed by atoms with van der Waals surface area (Å²) in [6.07, 6.45) is 65.1. The minimum atomic E-state index is -1.61. The van der Waals surface area contributed by atoms with Crippen molar-refractivity contribution in [2.45, 2.75) is 410 Å². The van der Waals surface area contributed by atoms with E-state index in [2.05, 4.69) is 19.2 Å². The number of ether oxygens (including phenoxy) is 2. The van der Waals surface area contributed by atoms with Crippen LogP contribution in [0.3, 0.4) is 0 Å². The Bertz CT molecular complexity index is 1270. The van der Waals surface area contributed by atoms with Crippen LogP contribution < -0.4 is 5.32 Å². The molecule has 10 heteroatoms. The second-order valence-electron chi connectivity index (χ2n) is 24.8. The maximum atomic E-state index is 13.2. The van der Waals surface area contributed by atoms with Gasteiger partial charge in [0.1, 0.15) is 30.5 Å². The molecule has 0 bridgehead atoms. The van der Waals surface area contributed by atoms with Gasteiger partial charge in [0.25, 0.3) is 0 Å². The topological polar surface area (TPSA) is 169 Å². The van der Waals surface area contributed by atoms with Crippen molar-refractivity contribution in [1.82, 2.24) is 5.32 Å². The molecule has 10 nitrogen and oxygen atoms in total. The quantitative estimate of drug-likeness (QED) is 0.0232. The molecule has 0 radical (unpaired) electrons. The number of amides is 1. The SMILES string of the molecule is CCCCCCCCCCCCCCCC/C=C/C(O)C(COC1OC(CO)C(O)C(O)C1O)NC(=O)C(O)CCCCCCCCCCCCCCCCCCCCCCCCCCCCCCCCCCCCCCCC. The molecule has 1 fully saturated rings. The molecule has 0 saturated carbocycles. The lowest BCUT2D eigenvalue weighted by molar-refractivity contribution is -0.302. The molecule has 0 aromatic heterocycles. The van der Waals surface area contributed by atoms with Gasteiger partial charge in [0.2, 0.25) is 5.91 Å². The van der Waals surface area contributed by atoms with Crippen LogP contribution in [0.25, 0.3) is 0 Å². The lowest BCUT2D eigenvalue weighted by atomic mass is 9.99. The first kappa shape index (κ1) is 75.9. The molecule has 1 rings (SSSR count). The van der Waals surface area contributed by atoms with Crippen LogP contribution in [0.5, 0.6) is 0 Å². The van der Waals surface area contributed by atoms with Crippen molar-refractivity contribution in [3.8, 4) is 0 Å². The Morgan fingerprint density at radius 3 is 1.03 bits per heavy atom. The van der Waals surface area contributed by atoms with Gasteiger partial charge in [0.05, 0.1) is 25.4 Å². The summed E-state index contributed by atoms with van der Waals surface area (Å²) in [5.74, 6) is -0.608. The summed E-state index contributed by atoms with van der Waals surface area (Å²) in [5, 5.41) is 65.2. The Labute approximate surface area is 489 Å². The highest BCUT2D eigenvalue weighted by Gasteiger charge is 2.44. The molecule has 7 N–H and O–H groups in total. The average Bonchev–Trinajstić information content (AvgIpc) is 3.45. The minimum absolute atomic E-state index is 0.300. The van der Waals surface area contributed by atoms with Crippen molar-refractivity contribution in [3.63, 3.8) is 0 Å². The van der Waals surface area contributed by atoms with Gasteiger partial charge in [0, 0.05) is 0 Å². The van der Waals surface area contributed by atoms with E-state index < -0.39 is 61.5 Å². The van der Waals surface area contributed by atoms with E-state index in [0.717, 1.165) is 44.9 Å². The first-order valence-corrected chi connectivity index (χ1v) is 35.0. The maximum Gasteiger partial charge on any atom is 0.249 e. The summed E-state index contributed by atoms with van der Waals surface area (Å²) < 4.78 is 11.2. The summed E-state index contributed by atoms with van der Waals surface area (Å²) in [6.45, 7) is 3.67. The van der Waals surface area contributed by atoms with Gasteiger partial charge in [-0.05, 0) is 19.3 Å². The first-order chi connectivity index (χ1) is 38.8. The Kier molecular flexibility index (Phi) is 56.4. The number of aliphatic hydroxyl groups is 6. The summed E-state index contributed by atoms with van der Waals surface area (Å²) in [6, 6.07) is -0.977. The van der Waals surface area contributed by atoms with Gasteiger partial charge in [-0.2, -0.15) is 0 Å². The largest absolute Gasteiger partial charge is 0.394 e. The molecule has 1 heterocycles. The Morgan fingerprint density at radius 1 is 0.430 bits per heavy atom. The fourth-order valence-electron chi connectivity index (χ4n) is 11.6. The van der Waals surface area contributed by atoms with E-state index >= 15 is 0 Å². The number of aliphatic hydroxyl groups excluding tert-OH is 6. The van der Waals surface area contributed by atoms with Crippen molar-refractivity contribution in [2.24, 2.45) is 0 Å². The van der Waals surface area contributed by atoms with E-state index in [0.29, 0.717) is 6.42 Å². The van der Waals surface area contributed by atoms with Crippen LogP contribution in [0.15, 0.2) is 12.2 Å². The molecule has 470 valence electrons. The predicted molar refractivity (Wildman–Crippen MR) is 333 cm³/mol. The van der Waals surface area contributed by atoms with Crippen LogP contribution in [0, 0.1) is 0 Å². The zero-order chi connectivity index (χ0) is 57.3. The van der Waals surface area contributed by atoms with Gasteiger partial charge >= 0.3 is 0 Å². The number of rotatable bonds is 62. The zero-order valence-corrected chi connectivity index (χ0v) is 52.3. The van der Waals surface area contributed by atoms with Crippen LogP contribution >= 0.6 is 0 Å². The highest BCUT2D eigenvalue weighted by Crippen LogP contribution is 2.24. The standard InChI is InChI=1S/C69H135NO9/c1-3-5-7-9-11-13-15-17-19-21-22-23-24-25-26-27-28-29-30-31-32-33-34-35-36-37-38-39-40-41-42-44-46-48-50-52-54-56-58-63(73)68(77)70-61(60-78-69-67(76)66(75)65(74)64(59-71)79-69)62(72)57-55-53-51-49-47-45-43-20-18-16-14-12-10-8-6-4-2/h55,57,61-67,69,71-76H,3-54,56,58-60H2,1-2H3,(H,70,77)/b57-55+. The highest BCUT2D eigenvalue weighted by atomic mass is 16.7. The summed E-state index contributed by atoms with van der Waals surface area (Å²) in [5.41, 5.74) is 0. The predicted octanol–water partition coefficient (Wildman–Crippen LogP) is 17.7. The van der Waals surface area contributed by atoms with E-state index in [1.807, 2.05) is 6.08 Å². The Morgan fingerprint density at radius 2 is 0.722 bits per heavy atom. The Balaban J connectivity index is 2.06. The van der Waals surface area contributed by atoms with Crippen molar-refractivity contribution >= 4 is 5.91 Å². The lowest BCUT2D eigenvalue weighted by Crippen LogP contribution is -2.60. The van der Waals surface area contributed by atoms with E-state index in [4.69, 9.17) is 9.47 Å². The molecular formula is C69H135NO9. The fourth-order valence-corrected chi connectivity index (χ4v) is 11.6. The monoisotopic (exact) mass is 1120 g/mol. The van der Waals surface area contributed by atoms with Crippen LogP contribution in [0.4, 0.5) is 0 Å². The van der Waals surface area contributed by atoms with E-state index in [1.54, 1.807) is 6.08 Å². The van der Waals surface area contributed by atoms with Crippen molar-refractivity contribution in [3.05, 3.63) is 12.2 Å². The zero-order valence-electron chi connectivity index (χ0n) is 52.3. The van der Waals surface area contributed by atoms with E-state index in [-0.39, 0.29) is 6.61 Å². The van der Waals surface area contributed by atoms with Crippen molar-refractivity contribution in [1.29, 1.82) is 0 Å². The molecule has 1 aliphatic rings. The third kappa shape index (κ3) is 46.9. The second kappa shape index (κ2) is 58.7. The van der Waals surface area contributed by atoms with Gasteiger partial charge < -0.3 is 45.4 Å². The van der Waals surface area contributed by atoms with E-state index in [9.17, 15) is 35.4 Å². The number of hydrogen-bond donors (Lipinski definition) is 7. The molecule has 8 atom stereocenters. The van der Waals surface area contributed by atoms with Crippen molar-refractivity contribution in [2.75, 3.05) is 13.2 Å². The lowest BCUT2D eigenvalue weighted by Gasteiger charge is -2.40. The number of unbranched alkanes of at least 4 members (excludes halogenated alkanes) is 51. The number of carbonyl (C=O) groups excluding carboxylic acids is 1. The number of nitrogens with one attached hydrogen (secondary N) is 1. The first-order valence-electron chi connectivity index (χ1n) is 35.0. The van der Waals surface area contributed by atoms with Gasteiger partial charge in [-0.3, -0.25) is 4.79 Å². The van der Waals surface area contributed by atoms with Gasteiger partial charge in [0.15, 0.2) is 6.29 Å². The highest BCUT2D eigenvalue weighted by molar-refractivity contribution is 5.80. The number of carbonyl (C=O) groups is 1. The third-order valence-corrected chi connectivity index (χ3v) is 17.2. The summed E-state index contributed by atoms with van der Waals surface area (Å²) in [4.78, 5) is 13.2. The molecule has 79 heavy (non-hydrogen) atoms. The Hall–Kier alpha value is -1.11. The molecule has 1 saturated heterocycles. The molecule has 0 aromatic carbocycles. The third-order valence-electron chi connectivity index (χ3n) is 17.2. The smallest absolute Gasteiger partial charge is 0.249 e. The number of allylic oxidation sites excluding steroid dienone is 1. The fraction of sp³-hybridized carbons (Fsp3) is 0.957. The maximum absolute atomic E-state index is 13.2. The normalized spacial score (nSPS) is 18.9. The summed E-state index contributed by atoms with van der Waals surface area (Å²) >= 11 is 0. The van der Waals surface area contributed by atoms with Crippen LogP contribution in [0.1, 0.15) is 361 Å². The molecule has 1 aliphatic heterocycles. The van der Waals surface area contributed by atoms with Crippen LogP contribution in [-0.2, 0) is 14.3 Å². The van der Waals surface area contributed by atoms with E-state index in [1.165, 1.54) is 295 Å². The van der Waals surface area contributed by atoms with Crippen molar-refractivity contribution < 1.29 is 44.9 Å². The molecule has 0 spiro atoms. The molecule has 1 amide bonds. The van der Waals surface area contributed by atoms with Gasteiger partial charge in [-0.15, -0.1) is 0 Å². The average molecular weight is 1120 g/mol. The van der Waals surface area contributed by atoms with Crippen LogP contribution in [0.2, 0.25) is 0 Å². The summed E-state index contributed by atoms with van der Waals surface area (Å²) in [7, 11) is 0.